The van der Waals surface area contributed by atoms with Gasteiger partial charge in [0.2, 0.25) is 22.6 Å². The van der Waals surface area contributed by atoms with E-state index in [0.717, 1.165) is 33.2 Å². The van der Waals surface area contributed by atoms with Crippen molar-refractivity contribution >= 4 is 60.8 Å². The Kier molecular flexibility index (Phi) is 9.37. The molecule has 2 aromatic carbocycles. The first-order chi connectivity index (χ1) is 21.7. The number of para-hydroxylation sites is 2. The minimum atomic E-state index is -1.98. The normalized spacial score (nSPS) is 12.7. The van der Waals surface area contributed by atoms with Gasteiger partial charge in [-0.15, -0.1) is 11.1 Å². The Hall–Kier alpha value is -3.73. The molecule has 0 saturated heterocycles. The van der Waals surface area contributed by atoms with Gasteiger partial charge in [0.15, 0.2) is 0 Å². The molecule has 0 spiro atoms. The van der Waals surface area contributed by atoms with E-state index >= 15 is 0 Å². The van der Waals surface area contributed by atoms with Crippen molar-refractivity contribution in [3.8, 4) is 22.9 Å². The summed E-state index contributed by atoms with van der Waals surface area (Å²) in [6.45, 7) is 28.1. The molecular weight excluding hydrogens is 597 g/mol. The van der Waals surface area contributed by atoms with Crippen LogP contribution in [0.1, 0.15) is 94.2 Å². The molecule has 46 heavy (non-hydrogen) atoms. The predicted molar refractivity (Wildman–Crippen MR) is 199 cm³/mol. The first-order valence-electron chi connectivity index (χ1n) is 16.8. The zero-order chi connectivity index (χ0) is 33.6. The van der Waals surface area contributed by atoms with Crippen molar-refractivity contribution in [3.63, 3.8) is 0 Å². The molecule has 0 amide bonds. The minimum absolute atomic E-state index is 0.438. The molecular formula is C38H48N6Si2. The van der Waals surface area contributed by atoms with Gasteiger partial charge in [-0.25, -0.2) is 29.9 Å². The topological polar surface area (TPSA) is 77.3 Å². The highest BCUT2D eigenvalue weighted by molar-refractivity contribution is 6.91. The Balaban J connectivity index is 1.83. The fourth-order valence-corrected chi connectivity index (χ4v) is 18.5. The SMILES string of the molecule is CC(C)[Si](C#Cc1ccc(C#C[Si](C(C)C)(C(C)C)C(C)C)c2nc3nc4nc5ccccc5nc4nc3nc12)(C(C)C)C(C)C. The molecule has 0 bridgehead atoms. The van der Waals surface area contributed by atoms with Crippen molar-refractivity contribution in [3.05, 3.63) is 47.5 Å². The summed E-state index contributed by atoms with van der Waals surface area (Å²) in [5.41, 5.74) is 17.4. The second-order valence-corrected chi connectivity index (χ2v) is 25.8. The van der Waals surface area contributed by atoms with Gasteiger partial charge in [0.05, 0.1) is 22.2 Å². The molecule has 6 nitrogen and oxygen atoms in total. The fraction of sp³-hybridized carbons (Fsp3) is 0.474. The Morgan fingerprint density at radius 3 is 1.02 bits per heavy atom. The van der Waals surface area contributed by atoms with Crippen molar-refractivity contribution in [1.82, 2.24) is 29.9 Å². The lowest BCUT2D eigenvalue weighted by Crippen LogP contribution is -2.43. The summed E-state index contributed by atoms with van der Waals surface area (Å²) < 4.78 is 0. The Labute approximate surface area is 276 Å². The van der Waals surface area contributed by atoms with Gasteiger partial charge < -0.3 is 0 Å². The van der Waals surface area contributed by atoms with Gasteiger partial charge in [-0.3, -0.25) is 0 Å². The van der Waals surface area contributed by atoms with Gasteiger partial charge in [-0.05, 0) is 57.5 Å². The third-order valence-corrected chi connectivity index (χ3v) is 22.9. The predicted octanol–water partition coefficient (Wildman–Crippen LogP) is 9.81. The van der Waals surface area contributed by atoms with E-state index in [2.05, 4.69) is 118 Å². The lowest BCUT2D eigenvalue weighted by Gasteiger charge is -2.38. The standard InChI is InChI=1S/C38H48N6Si2/c1-23(2)45(24(3)4,25(5)6)21-19-29-17-18-30(20-22-46(26(7)8,27(9)10)28(11)12)34-33(29)41-37-38(42-34)44-36-35(43-37)39-31-15-13-14-16-32(31)40-36/h13-18,23-28H,1-12H3. The molecule has 3 heterocycles. The van der Waals surface area contributed by atoms with Gasteiger partial charge in [-0.1, -0.05) is 107 Å². The van der Waals surface area contributed by atoms with E-state index in [0.29, 0.717) is 55.8 Å². The lowest BCUT2D eigenvalue weighted by molar-refractivity contribution is 0.838. The highest BCUT2D eigenvalue weighted by Gasteiger charge is 2.42. The highest BCUT2D eigenvalue weighted by atomic mass is 28.3. The zero-order valence-electron chi connectivity index (χ0n) is 29.6. The lowest BCUT2D eigenvalue weighted by atomic mass is 10.1. The summed E-state index contributed by atoms with van der Waals surface area (Å²) in [4.78, 5) is 29.3. The molecule has 0 fully saturated rings. The number of hydrogen-bond acceptors (Lipinski definition) is 6. The number of nitrogens with zero attached hydrogens (tertiary/aromatic N) is 6. The number of benzene rings is 2. The first kappa shape index (κ1) is 33.6. The summed E-state index contributed by atoms with van der Waals surface area (Å²) in [6, 6.07) is 11.9. The van der Waals surface area contributed by atoms with E-state index in [1.54, 1.807) is 0 Å². The van der Waals surface area contributed by atoms with Crippen LogP contribution in [0.2, 0.25) is 33.2 Å². The van der Waals surface area contributed by atoms with Crippen LogP contribution < -0.4 is 0 Å². The van der Waals surface area contributed by atoms with Gasteiger partial charge in [-0.2, -0.15) is 0 Å². The molecule has 3 aromatic heterocycles. The summed E-state index contributed by atoms with van der Waals surface area (Å²) in [7, 11) is -3.97. The summed E-state index contributed by atoms with van der Waals surface area (Å²) in [6.07, 6.45) is 0. The maximum absolute atomic E-state index is 5.11. The highest BCUT2D eigenvalue weighted by Crippen LogP contribution is 2.42. The second-order valence-electron chi connectivity index (χ2n) is 14.6. The quantitative estimate of drug-likeness (QED) is 0.104. The minimum Gasteiger partial charge on any atom is -0.224 e. The van der Waals surface area contributed by atoms with E-state index in [4.69, 9.17) is 29.9 Å². The number of aromatic nitrogens is 6. The van der Waals surface area contributed by atoms with Gasteiger partial charge >= 0.3 is 0 Å². The van der Waals surface area contributed by atoms with Crippen LogP contribution >= 0.6 is 0 Å². The smallest absolute Gasteiger partial charge is 0.200 e. The fourth-order valence-electron chi connectivity index (χ4n) is 8.02. The van der Waals surface area contributed by atoms with Crippen LogP contribution in [0, 0.1) is 22.9 Å². The Morgan fingerprint density at radius 2 is 0.717 bits per heavy atom. The van der Waals surface area contributed by atoms with Gasteiger partial charge in [0, 0.05) is 0 Å². The third-order valence-electron chi connectivity index (χ3n) is 10.3. The molecule has 0 saturated carbocycles. The van der Waals surface area contributed by atoms with E-state index in [1.165, 1.54) is 0 Å². The molecule has 5 aromatic rings. The molecule has 0 radical (unpaired) electrons. The summed E-state index contributed by atoms with van der Waals surface area (Å²) in [5.74, 6) is 7.29. The molecule has 0 unspecified atom stereocenters. The zero-order valence-corrected chi connectivity index (χ0v) is 31.6. The van der Waals surface area contributed by atoms with Crippen LogP contribution in [0.4, 0.5) is 0 Å². The van der Waals surface area contributed by atoms with Gasteiger partial charge in [0.1, 0.15) is 27.2 Å². The number of rotatable bonds is 6. The molecule has 5 rings (SSSR count). The molecule has 0 aliphatic carbocycles. The monoisotopic (exact) mass is 644 g/mol. The third kappa shape index (κ3) is 5.71. The molecule has 0 aliphatic rings. The van der Waals surface area contributed by atoms with Crippen molar-refractivity contribution < 1.29 is 0 Å². The van der Waals surface area contributed by atoms with Crippen molar-refractivity contribution in [2.45, 2.75) is 116 Å². The van der Waals surface area contributed by atoms with Crippen LogP contribution in [0.15, 0.2) is 36.4 Å². The van der Waals surface area contributed by atoms with Gasteiger partial charge in [0.25, 0.3) is 0 Å². The average Bonchev–Trinajstić information content (AvgIpc) is 2.98. The van der Waals surface area contributed by atoms with Crippen molar-refractivity contribution in [2.24, 2.45) is 0 Å². The molecule has 0 aliphatic heterocycles. The van der Waals surface area contributed by atoms with E-state index in [1.807, 2.05) is 24.3 Å². The molecule has 8 heteroatoms. The van der Waals surface area contributed by atoms with E-state index in [9.17, 15) is 0 Å². The Bertz CT molecular complexity index is 1870. The molecule has 0 atom stereocenters. The van der Waals surface area contributed by atoms with Crippen molar-refractivity contribution in [2.75, 3.05) is 0 Å². The second kappa shape index (κ2) is 12.8. The largest absolute Gasteiger partial charge is 0.224 e. The van der Waals surface area contributed by atoms with E-state index < -0.39 is 16.1 Å². The molecule has 0 N–H and O–H groups in total. The summed E-state index contributed by atoms with van der Waals surface area (Å²) in [5, 5.41) is 0. The van der Waals surface area contributed by atoms with Crippen LogP contribution in [0.25, 0.3) is 44.7 Å². The molecule has 238 valence electrons. The average molecular weight is 645 g/mol. The maximum atomic E-state index is 5.11. The van der Waals surface area contributed by atoms with Crippen LogP contribution in [-0.2, 0) is 0 Å². The first-order valence-corrected chi connectivity index (χ1v) is 21.3. The van der Waals surface area contributed by atoms with Crippen LogP contribution in [0.5, 0.6) is 0 Å². The summed E-state index contributed by atoms with van der Waals surface area (Å²) >= 11 is 0. The van der Waals surface area contributed by atoms with Crippen LogP contribution in [-0.4, -0.2) is 46.1 Å². The van der Waals surface area contributed by atoms with E-state index in [-0.39, 0.29) is 0 Å². The van der Waals surface area contributed by atoms with Crippen LogP contribution in [0.3, 0.4) is 0 Å². The maximum Gasteiger partial charge on any atom is 0.200 e. The number of hydrogen-bond donors (Lipinski definition) is 0. The number of fused-ring (bicyclic) bond motifs is 4. The Morgan fingerprint density at radius 1 is 0.413 bits per heavy atom. The van der Waals surface area contributed by atoms with Crippen molar-refractivity contribution in [1.29, 1.82) is 0 Å².